The van der Waals surface area contributed by atoms with Gasteiger partial charge in [-0.15, -0.1) is 0 Å². The molecule has 0 heterocycles. The van der Waals surface area contributed by atoms with E-state index in [0.29, 0.717) is 6.54 Å². The largest absolute Gasteiger partial charge is 0.354 e. The fourth-order valence-electron chi connectivity index (χ4n) is 1.81. The Bertz CT molecular complexity index is 199. The zero-order valence-corrected chi connectivity index (χ0v) is 9.31. The first-order valence-electron chi connectivity index (χ1n) is 5.64. The van der Waals surface area contributed by atoms with Crippen LogP contribution in [0.25, 0.3) is 0 Å². The fourth-order valence-corrected chi connectivity index (χ4v) is 1.81. The van der Waals surface area contributed by atoms with E-state index in [-0.39, 0.29) is 17.4 Å². The number of rotatable bonds is 5. The van der Waals surface area contributed by atoms with Gasteiger partial charge in [-0.1, -0.05) is 20.3 Å². The summed E-state index contributed by atoms with van der Waals surface area (Å²) in [5.41, 5.74) is 5.91. The van der Waals surface area contributed by atoms with Crippen molar-refractivity contribution in [3.05, 3.63) is 0 Å². The third-order valence-corrected chi connectivity index (χ3v) is 3.13. The number of hydrogen-bond donors (Lipinski definition) is 2. The highest BCUT2D eigenvalue weighted by Gasteiger charge is 2.32. The Kier molecular flexibility index (Phi) is 3.93. The van der Waals surface area contributed by atoms with Crippen LogP contribution in [-0.2, 0) is 4.79 Å². The highest BCUT2D eigenvalue weighted by molar-refractivity contribution is 5.78. The van der Waals surface area contributed by atoms with E-state index in [1.54, 1.807) is 0 Å². The molecule has 0 aromatic heterocycles. The van der Waals surface area contributed by atoms with Crippen LogP contribution in [0.2, 0.25) is 0 Å². The highest BCUT2D eigenvalue weighted by Crippen LogP contribution is 2.28. The first-order chi connectivity index (χ1) is 6.57. The van der Waals surface area contributed by atoms with E-state index < -0.39 is 0 Å². The fraction of sp³-hybridized carbons (Fsp3) is 0.909. The van der Waals surface area contributed by atoms with E-state index in [1.807, 2.05) is 6.92 Å². The number of hydrogen-bond acceptors (Lipinski definition) is 2. The third kappa shape index (κ3) is 2.98. The maximum atomic E-state index is 11.6. The Morgan fingerprint density at radius 3 is 2.64 bits per heavy atom. The molecule has 0 bridgehead atoms. The van der Waals surface area contributed by atoms with E-state index >= 15 is 0 Å². The molecule has 3 nitrogen and oxygen atoms in total. The lowest BCUT2D eigenvalue weighted by atomic mass is 9.77. The monoisotopic (exact) mass is 198 g/mol. The van der Waals surface area contributed by atoms with Crippen molar-refractivity contribution in [2.75, 3.05) is 6.54 Å². The quantitative estimate of drug-likeness (QED) is 0.702. The molecule has 0 aromatic carbocycles. The summed E-state index contributed by atoms with van der Waals surface area (Å²) < 4.78 is 0. The first-order valence-corrected chi connectivity index (χ1v) is 5.64. The lowest BCUT2D eigenvalue weighted by Gasteiger charge is -2.38. The van der Waals surface area contributed by atoms with Crippen molar-refractivity contribution < 1.29 is 4.79 Å². The minimum absolute atomic E-state index is 0.0956. The lowest BCUT2D eigenvalue weighted by Crippen LogP contribution is -2.55. The van der Waals surface area contributed by atoms with Gasteiger partial charge >= 0.3 is 0 Å². The van der Waals surface area contributed by atoms with Crippen molar-refractivity contribution in [3.63, 3.8) is 0 Å². The van der Waals surface area contributed by atoms with Gasteiger partial charge in [0.05, 0.1) is 0 Å². The van der Waals surface area contributed by atoms with Crippen LogP contribution in [0.5, 0.6) is 0 Å². The van der Waals surface area contributed by atoms with Crippen LogP contribution in [0.4, 0.5) is 0 Å². The second-order valence-electron chi connectivity index (χ2n) is 4.62. The molecule has 0 spiro atoms. The maximum absolute atomic E-state index is 11.6. The van der Waals surface area contributed by atoms with E-state index in [0.717, 1.165) is 25.7 Å². The topological polar surface area (TPSA) is 55.1 Å². The summed E-state index contributed by atoms with van der Waals surface area (Å²) in [6, 6.07) is 0. The second kappa shape index (κ2) is 4.78. The van der Waals surface area contributed by atoms with Gasteiger partial charge in [0.1, 0.15) is 0 Å². The van der Waals surface area contributed by atoms with Gasteiger partial charge in [0.15, 0.2) is 0 Å². The van der Waals surface area contributed by atoms with Crippen molar-refractivity contribution in [2.24, 2.45) is 11.7 Å². The highest BCUT2D eigenvalue weighted by atomic mass is 16.1. The van der Waals surface area contributed by atoms with Gasteiger partial charge in [-0.3, -0.25) is 4.79 Å². The zero-order valence-electron chi connectivity index (χ0n) is 9.31. The number of amides is 1. The molecule has 1 fully saturated rings. The molecule has 0 aromatic rings. The van der Waals surface area contributed by atoms with Crippen molar-refractivity contribution in [1.82, 2.24) is 5.32 Å². The normalized spacial score (nSPS) is 21.1. The van der Waals surface area contributed by atoms with Gasteiger partial charge in [-0.2, -0.15) is 0 Å². The minimum Gasteiger partial charge on any atom is -0.354 e. The summed E-state index contributed by atoms with van der Waals surface area (Å²) in [6.07, 6.45) is 5.33. The molecule has 0 saturated heterocycles. The van der Waals surface area contributed by atoms with Crippen LogP contribution in [0.3, 0.4) is 0 Å². The van der Waals surface area contributed by atoms with Crippen molar-refractivity contribution >= 4 is 5.91 Å². The molecule has 1 atom stereocenters. The predicted molar refractivity (Wildman–Crippen MR) is 57.9 cm³/mol. The molecule has 3 N–H and O–H groups in total. The molecule has 1 amide bonds. The Hall–Kier alpha value is -0.570. The van der Waals surface area contributed by atoms with Gasteiger partial charge in [0.25, 0.3) is 0 Å². The van der Waals surface area contributed by atoms with E-state index in [9.17, 15) is 4.79 Å². The van der Waals surface area contributed by atoms with Gasteiger partial charge in [0.2, 0.25) is 5.91 Å². The van der Waals surface area contributed by atoms with Crippen LogP contribution < -0.4 is 11.1 Å². The maximum Gasteiger partial charge on any atom is 0.222 e. The summed E-state index contributed by atoms with van der Waals surface area (Å²) in [5.74, 6) is 0.284. The molecule has 3 heteroatoms. The average Bonchev–Trinajstić information content (AvgIpc) is 2.11. The molecule has 82 valence electrons. The number of carbonyl (C=O) groups excluding carboxylic acids is 1. The Balaban J connectivity index is 2.20. The summed E-state index contributed by atoms with van der Waals surface area (Å²) in [4.78, 5) is 11.6. The van der Waals surface area contributed by atoms with E-state index in [4.69, 9.17) is 5.73 Å². The van der Waals surface area contributed by atoms with Crippen LogP contribution in [0.15, 0.2) is 0 Å². The van der Waals surface area contributed by atoms with Crippen LogP contribution in [0.1, 0.15) is 46.0 Å². The van der Waals surface area contributed by atoms with E-state index in [1.165, 1.54) is 6.42 Å². The molecule has 1 aliphatic carbocycles. The molecule has 0 radical (unpaired) electrons. The average molecular weight is 198 g/mol. The number of nitrogens with two attached hydrogens (primary N) is 1. The molecule has 0 aliphatic heterocycles. The predicted octanol–water partition coefficient (Wildman–Crippen LogP) is 1.42. The van der Waals surface area contributed by atoms with Gasteiger partial charge in [-0.25, -0.2) is 0 Å². The summed E-state index contributed by atoms with van der Waals surface area (Å²) in [5, 5.41) is 2.95. The van der Waals surface area contributed by atoms with Gasteiger partial charge in [0, 0.05) is 18.0 Å². The SMILES string of the molecule is CCCC(C)C(=O)NCC1(N)CCC1. The summed E-state index contributed by atoms with van der Waals surface area (Å²) in [7, 11) is 0. The molecular weight excluding hydrogens is 176 g/mol. The second-order valence-corrected chi connectivity index (χ2v) is 4.62. The molecular formula is C11H22N2O. The first kappa shape index (κ1) is 11.5. The number of carbonyl (C=O) groups is 1. The van der Waals surface area contributed by atoms with Crippen LogP contribution >= 0.6 is 0 Å². The van der Waals surface area contributed by atoms with Crippen molar-refractivity contribution in [2.45, 2.75) is 51.5 Å². The summed E-state index contributed by atoms with van der Waals surface area (Å²) in [6.45, 7) is 4.73. The smallest absolute Gasteiger partial charge is 0.222 e. The van der Waals surface area contributed by atoms with E-state index in [2.05, 4.69) is 12.2 Å². The summed E-state index contributed by atoms with van der Waals surface area (Å²) >= 11 is 0. The Labute approximate surface area is 86.4 Å². The zero-order chi connectivity index (χ0) is 10.6. The Morgan fingerprint density at radius 1 is 1.57 bits per heavy atom. The molecule has 1 unspecified atom stereocenters. The molecule has 1 saturated carbocycles. The van der Waals surface area contributed by atoms with Gasteiger partial charge < -0.3 is 11.1 Å². The lowest BCUT2D eigenvalue weighted by molar-refractivity contribution is -0.125. The third-order valence-electron chi connectivity index (χ3n) is 3.13. The Morgan fingerprint density at radius 2 is 2.21 bits per heavy atom. The number of nitrogens with one attached hydrogen (secondary N) is 1. The standard InChI is InChI=1S/C11H22N2O/c1-3-5-9(2)10(14)13-8-11(12)6-4-7-11/h9H,3-8,12H2,1-2H3,(H,13,14). The van der Waals surface area contributed by atoms with Gasteiger partial charge in [-0.05, 0) is 25.7 Å². The van der Waals surface area contributed by atoms with Crippen molar-refractivity contribution in [1.29, 1.82) is 0 Å². The van der Waals surface area contributed by atoms with Crippen LogP contribution in [-0.4, -0.2) is 18.0 Å². The molecule has 1 rings (SSSR count). The molecule has 1 aliphatic rings. The molecule has 14 heavy (non-hydrogen) atoms. The minimum atomic E-state index is -0.0956. The van der Waals surface area contributed by atoms with Crippen LogP contribution in [0, 0.1) is 5.92 Å². The van der Waals surface area contributed by atoms with Crippen molar-refractivity contribution in [3.8, 4) is 0 Å².